The van der Waals surface area contributed by atoms with Crippen LogP contribution in [0, 0.1) is 0 Å². The molecule has 0 spiro atoms. The highest BCUT2D eigenvalue weighted by atomic mass is 15.3. The van der Waals surface area contributed by atoms with E-state index in [4.69, 9.17) is 0 Å². The Kier molecular flexibility index (Phi) is 3.54. The molecule has 2 N–H and O–H groups in total. The van der Waals surface area contributed by atoms with Gasteiger partial charge in [0.1, 0.15) is 6.33 Å². The van der Waals surface area contributed by atoms with Gasteiger partial charge in [-0.2, -0.15) is 0 Å². The number of nitrogens with zero attached hydrogens (tertiary/aromatic N) is 4. The minimum atomic E-state index is 0.633. The molecule has 0 amide bonds. The topological polar surface area (TPSA) is 67.7 Å². The molecule has 0 aliphatic rings. The van der Waals surface area contributed by atoms with Gasteiger partial charge in [0.15, 0.2) is 5.82 Å². The predicted octanol–water partition coefficient (Wildman–Crippen LogP) is 1.25. The van der Waals surface area contributed by atoms with Crippen LogP contribution in [0.25, 0.3) is 0 Å². The normalized spacial score (nSPS) is 10.2. The zero-order valence-corrected chi connectivity index (χ0v) is 10.0. The molecular formula is C11H16N6. The van der Waals surface area contributed by atoms with Crippen LogP contribution in [0.15, 0.2) is 24.8 Å². The first kappa shape index (κ1) is 11.4. The van der Waals surface area contributed by atoms with Gasteiger partial charge < -0.3 is 15.2 Å². The number of hydrogen-bond donors (Lipinski definition) is 2. The lowest BCUT2D eigenvalue weighted by atomic mass is 10.3. The van der Waals surface area contributed by atoms with Crippen LogP contribution in [-0.2, 0) is 13.6 Å². The Bertz CT molecular complexity index is 478. The zero-order chi connectivity index (χ0) is 12.1. The highest BCUT2D eigenvalue weighted by Crippen LogP contribution is 2.13. The summed E-state index contributed by atoms with van der Waals surface area (Å²) in [5.41, 5.74) is 1.97. The SMILES string of the molecule is CCNc1cncc(NCc2nncn2C)c1. The van der Waals surface area contributed by atoms with E-state index in [2.05, 4.69) is 32.7 Å². The third-order valence-electron chi connectivity index (χ3n) is 2.37. The summed E-state index contributed by atoms with van der Waals surface area (Å²) in [7, 11) is 1.92. The van der Waals surface area contributed by atoms with Crippen molar-refractivity contribution in [2.75, 3.05) is 17.2 Å². The van der Waals surface area contributed by atoms with E-state index in [1.165, 1.54) is 0 Å². The molecule has 0 aliphatic heterocycles. The minimum Gasteiger partial charge on any atom is -0.384 e. The van der Waals surface area contributed by atoms with Crippen molar-refractivity contribution in [3.05, 3.63) is 30.6 Å². The summed E-state index contributed by atoms with van der Waals surface area (Å²) in [4.78, 5) is 4.16. The number of aryl methyl sites for hydroxylation is 1. The number of aromatic nitrogens is 4. The molecule has 2 rings (SSSR count). The van der Waals surface area contributed by atoms with Crippen molar-refractivity contribution in [3.8, 4) is 0 Å². The Labute approximate surface area is 100 Å². The Balaban J connectivity index is 1.99. The standard InChI is InChI=1S/C11H16N6/c1-3-13-9-4-10(6-12-5-9)14-7-11-16-15-8-17(11)2/h4-6,8,13-14H,3,7H2,1-2H3. The molecule has 0 fully saturated rings. The van der Waals surface area contributed by atoms with E-state index in [9.17, 15) is 0 Å². The molecule has 0 bridgehead atoms. The molecule has 17 heavy (non-hydrogen) atoms. The van der Waals surface area contributed by atoms with Gasteiger partial charge in [-0.05, 0) is 13.0 Å². The largest absolute Gasteiger partial charge is 0.384 e. The van der Waals surface area contributed by atoms with Crippen LogP contribution < -0.4 is 10.6 Å². The lowest BCUT2D eigenvalue weighted by molar-refractivity contribution is 0.812. The van der Waals surface area contributed by atoms with Crippen molar-refractivity contribution >= 4 is 11.4 Å². The molecule has 0 saturated heterocycles. The summed E-state index contributed by atoms with van der Waals surface area (Å²) in [6, 6.07) is 2.02. The fraction of sp³-hybridized carbons (Fsp3) is 0.364. The molecule has 90 valence electrons. The molecule has 0 atom stereocenters. The third-order valence-corrected chi connectivity index (χ3v) is 2.37. The average Bonchev–Trinajstić information content (AvgIpc) is 2.73. The first-order valence-electron chi connectivity index (χ1n) is 5.55. The van der Waals surface area contributed by atoms with E-state index < -0.39 is 0 Å². The summed E-state index contributed by atoms with van der Waals surface area (Å²) in [6.07, 6.45) is 5.28. The predicted molar refractivity (Wildman–Crippen MR) is 66.7 cm³/mol. The van der Waals surface area contributed by atoms with Crippen molar-refractivity contribution in [3.63, 3.8) is 0 Å². The number of rotatable bonds is 5. The van der Waals surface area contributed by atoms with Crippen LogP contribution in [0.3, 0.4) is 0 Å². The second kappa shape index (κ2) is 5.29. The van der Waals surface area contributed by atoms with Gasteiger partial charge in [-0.15, -0.1) is 10.2 Å². The lowest BCUT2D eigenvalue weighted by Crippen LogP contribution is -2.06. The first-order valence-corrected chi connectivity index (χ1v) is 5.55. The smallest absolute Gasteiger partial charge is 0.151 e. The fourth-order valence-corrected chi connectivity index (χ4v) is 1.49. The quantitative estimate of drug-likeness (QED) is 0.812. The van der Waals surface area contributed by atoms with E-state index in [1.54, 1.807) is 18.7 Å². The summed E-state index contributed by atoms with van der Waals surface area (Å²) in [6.45, 7) is 3.57. The number of pyridine rings is 1. The fourth-order valence-electron chi connectivity index (χ4n) is 1.49. The van der Waals surface area contributed by atoms with Gasteiger partial charge in [-0.1, -0.05) is 0 Å². The maximum Gasteiger partial charge on any atom is 0.151 e. The van der Waals surface area contributed by atoms with Crippen LogP contribution >= 0.6 is 0 Å². The van der Waals surface area contributed by atoms with Crippen molar-refractivity contribution in [1.29, 1.82) is 0 Å². The molecule has 6 heteroatoms. The van der Waals surface area contributed by atoms with Gasteiger partial charge in [0.25, 0.3) is 0 Å². The third kappa shape index (κ3) is 2.93. The van der Waals surface area contributed by atoms with Crippen molar-refractivity contribution in [2.45, 2.75) is 13.5 Å². The minimum absolute atomic E-state index is 0.633. The van der Waals surface area contributed by atoms with Crippen molar-refractivity contribution in [2.24, 2.45) is 7.05 Å². The van der Waals surface area contributed by atoms with Gasteiger partial charge in [-0.25, -0.2) is 0 Å². The Morgan fingerprint density at radius 2 is 2.00 bits per heavy atom. The molecule has 6 nitrogen and oxygen atoms in total. The van der Waals surface area contributed by atoms with Gasteiger partial charge in [0.2, 0.25) is 0 Å². The molecule has 0 radical (unpaired) electrons. The second-order valence-corrected chi connectivity index (χ2v) is 3.70. The summed E-state index contributed by atoms with van der Waals surface area (Å²) >= 11 is 0. The number of anilines is 2. The van der Waals surface area contributed by atoms with Crippen LogP contribution in [0.5, 0.6) is 0 Å². The molecule has 0 saturated carbocycles. The Hall–Kier alpha value is -2.11. The Morgan fingerprint density at radius 1 is 1.24 bits per heavy atom. The maximum absolute atomic E-state index is 4.16. The summed E-state index contributed by atoms with van der Waals surface area (Å²) in [5.74, 6) is 0.888. The Morgan fingerprint density at radius 3 is 2.65 bits per heavy atom. The van der Waals surface area contributed by atoms with E-state index in [0.29, 0.717) is 6.54 Å². The van der Waals surface area contributed by atoms with Crippen LogP contribution in [0.4, 0.5) is 11.4 Å². The maximum atomic E-state index is 4.16. The molecule has 2 heterocycles. The van der Waals surface area contributed by atoms with Gasteiger partial charge in [0, 0.05) is 13.6 Å². The van der Waals surface area contributed by atoms with Crippen LogP contribution in [0.1, 0.15) is 12.7 Å². The molecule has 0 aliphatic carbocycles. The molecule has 2 aromatic rings. The highest BCUT2D eigenvalue weighted by molar-refractivity contribution is 5.53. The zero-order valence-electron chi connectivity index (χ0n) is 10.0. The van der Waals surface area contributed by atoms with E-state index in [-0.39, 0.29) is 0 Å². The molecular weight excluding hydrogens is 216 g/mol. The van der Waals surface area contributed by atoms with E-state index in [1.807, 2.05) is 17.7 Å². The molecule has 0 unspecified atom stereocenters. The first-order chi connectivity index (χ1) is 8.29. The van der Waals surface area contributed by atoms with Gasteiger partial charge in [-0.3, -0.25) is 4.98 Å². The number of nitrogens with one attached hydrogen (secondary N) is 2. The van der Waals surface area contributed by atoms with Gasteiger partial charge >= 0.3 is 0 Å². The molecule has 2 aromatic heterocycles. The van der Waals surface area contributed by atoms with Gasteiger partial charge in [0.05, 0.1) is 30.3 Å². The second-order valence-electron chi connectivity index (χ2n) is 3.70. The van der Waals surface area contributed by atoms with Crippen molar-refractivity contribution < 1.29 is 0 Å². The summed E-state index contributed by atoms with van der Waals surface area (Å²) < 4.78 is 1.88. The number of hydrogen-bond acceptors (Lipinski definition) is 5. The lowest BCUT2D eigenvalue weighted by Gasteiger charge is -2.08. The van der Waals surface area contributed by atoms with E-state index >= 15 is 0 Å². The average molecular weight is 232 g/mol. The van der Waals surface area contributed by atoms with Crippen molar-refractivity contribution in [1.82, 2.24) is 19.7 Å². The van der Waals surface area contributed by atoms with Crippen LogP contribution in [0.2, 0.25) is 0 Å². The molecule has 0 aromatic carbocycles. The highest BCUT2D eigenvalue weighted by Gasteiger charge is 2.00. The monoisotopic (exact) mass is 232 g/mol. The van der Waals surface area contributed by atoms with E-state index in [0.717, 1.165) is 23.7 Å². The van der Waals surface area contributed by atoms with Crippen LogP contribution in [-0.4, -0.2) is 26.3 Å². The summed E-state index contributed by atoms with van der Waals surface area (Å²) in [5, 5.41) is 14.3.